The van der Waals surface area contributed by atoms with Crippen molar-refractivity contribution in [3.05, 3.63) is 82.7 Å². The molecule has 0 N–H and O–H groups in total. The average molecular weight is 491 g/mol. The normalized spacial score (nSPS) is 15.8. The Morgan fingerprint density at radius 2 is 1.75 bits per heavy atom. The minimum atomic E-state index is -0.279. The molecule has 0 saturated carbocycles. The monoisotopic (exact) mass is 490 g/mol. The van der Waals surface area contributed by atoms with Gasteiger partial charge >= 0.3 is 5.97 Å². The molecule has 0 saturated heterocycles. The molecule has 3 aromatic rings. The molecule has 0 bridgehead atoms. The maximum atomic E-state index is 14.8. The zero-order valence-corrected chi connectivity index (χ0v) is 22.0. The Bertz CT molecular complexity index is 1260. The second kappa shape index (κ2) is 10.3. The third kappa shape index (κ3) is 5.25. The van der Waals surface area contributed by atoms with E-state index in [0.717, 1.165) is 35.3 Å². The number of methoxy groups -OCH3 is 2. The summed E-state index contributed by atoms with van der Waals surface area (Å²) in [7, 11) is 3.02. The molecular weight excluding hydrogens is 455 g/mol. The van der Waals surface area contributed by atoms with E-state index in [9.17, 15) is 9.18 Å². The molecule has 0 aromatic heterocycles. The number of rotatable bonds is 7. The number of fused-ring (bicyclic) bond motifs is 1. The van der Waals surface area contributed by atoms with Gasteiger partial charge in [-0.2, -0.15) is 0 Å². The molecule has 190 valence electrons. The Labute approximate surface area is 213 Å². The molecule has 4 rings (SSSR count). The van der Waals surface area contributed by atoms with E-state index in [0.29, 0.717) is 17.9 Å². The van der Waals surface area contributed by atoms with Crippen LogP contribution in [0.2, 0.25) is 0 Å². The van der Waals surface area contributed by atoms with Crippen molar-refractivity contribution in [2.45, 2.75) is 58.5 Å². The number of aryl methyl sites for hydroxylation is 1. The number of hydrogen-bond acceptors (Lipinski definition) is 4. The van der Waals surface area contributed by atoms with Crippen LogP contribution in [0.1, 0.15) is 62.3 Å². The molecule has 0 spiro atoms. The fourth-order valence-corrected chi connectivity index (χ4v) is 5.11. The lowest BCUT2D eigenvalue weighted by Gasteiger charge is -2.25. The van der Waals surface area contributed by atoms with Crippen LogP contribution in [-0.2, 0) is 28.0 Å². The molecule has 0 radical (unpaired) electrons. The van der Waals surface area contributed by atoms with E-state index in [4.69, 9.17) is 14.2 Å². The first-order valence-corrected chi connectivity index (χ1v) is 12.4. The summed E-state index contributed by atoms with van der Waals surface area (Å²) in [5.74, 6) is 0.889. The van der Waals surface area contributed by atoms with Gasteiger partial charge < -0.3 is 14.2 Å². The molecule has 0 heterocycles. The number of hydrogen-bond donors (Lipinski definition) is 0. The molecule has 3 aromatic carbocycles. The lowest BCUT2D eigenvalue weighted by Crippen LogP contribution is -2.19. The van der Waals surface area contributed by atoms with Crippen molar-refractivity contribution >= 4 is 5.97 Å². The highest BCUT2D eigenvalue weighted by Gasteiger charge is 2.32. The van der Waals surface area contributed by atoms with E-state index < -0.39 is 0 Å². The Morgan fingerprint density at radius 3 is 2.44 bits per heavy atom. The van der Waals surface area contributed by atoms with Gasteiger partial charge in [-0.1, -0.05) is 52.0 Å². The van der Waals surface area contributed by atoms with Crippen LogP contribution >= 0.6 is 0 Å². The van der Waals surface area contributed by atoms with Crippen molar-refractivity contribution in [2.24, 2.45) is 5.92 Å². The fraction of sp³-hybridized carbons (Fsp3) is 0.387. The highest BCUT2D eigenvalue weighted by Crippen LogP contribution is 2.41. The van der Waals surface area contributed by atoms with Crippen LogP contribution in [0, 0.1) is 11.7 Å². The van der Waals surface area contributed by atoms with Crippen LogP contribution in [0.4, 0.5) is 4.39 Å². The van der Waals surface area contributed by atoms with Gasteiger partial charge in [-0.3, -0.25) is 4.79 Å². The number of ether oxygens (including phenoxy) is 3. The van der Waals surface area contributed by atoms with Gasteiger partial charge in [0, 0.05) is 5.56 Å². The van der Waals surface area contributed by atoms with Crippen molar-refractivity contribution in [3.63, 3.8) is 0 Å². The molecule has 4 nitrogen and oxygen atoms in total. The zero-order chi connectivity index (χ0) is 26.0. The molecule has 1 aliphatic rings. The van der Waals surface area contributed by atoms with Crippen molar-refractivity contribution < 1.29 is 23.4 Å². The standard InChI is InChI=1S/C31H35FO4/c1-19(30(33)35-6)24-13-9-21-8-10-23(17-26(21)24)36-18-20-7-12-25(28(15-20)31(2,3)4)27-16-22(34-5)11-14-29(27)32/h7-8,10-12,14-17,19,24H,9,13,18H2,1-6H3/t19-,24+/m0/s1. The van der Waals surface area contributed by atoms with Gasteiger partial charge in [0.15, 0.2) is 0 Å². The summed E-state index contributed by atoms with van der Waals surface area (Å²) in [4.78, 5) is 12.1. The molecule has 0 unspecified atom stereocenters. The predicted octanol–water partition coefficient (Wildman–Crippen LogP) is 7.22. The summed E-state index contributed by atoms with van der Waals surface area (Å²) in [6, 6.07) is 17.0. The highest BCUT2D eigenvalue weighted by molar-refractivity contribution is 5.73. The summed E-state index contributed by atoms with van der Waals surface area (Å²) >= 11 is 0. The molecular formula is C31H35FO4. The first-order valence-electron chi connectivity index (χ1n) is 12.4. The van der Waals surface area contributed by atoms with Gasteiger partial charge in [0.1, 0.15) is 23.9 Å². The average Bonchev–Trinajstić information content (AvgIpc) is 3.29. The van der Waals surface area contributed by atoms with Gasteiger partial charge in [0.25, 0.3) is 0 Å². The SMILES string of the molecule is COC(=O)[C@@H](C)[C@H]1CCc2ccc(OCc3ccc(-c4cc(OC)ccc4F)c(C(C)(C)C)c3)cc21. The fourth-order valence-electron chi connectivity index (χ4n) is 5.11. The van der Waals surface area contributed by atoms with Crippen LogP contribution in [0.15, 0.2) is 54.6 Å². The predicted molar refractivity (Wildman–Crippen MR) is 140 cm³/mol. The Kier molecular flexibility index (Phi) is 7.39. The minimum absolute atomic E-state index is 0.139. The second-order valence-electron chi connectivity index (χ2n) is 10.6. The van der Waals surface area contributed by atoms with Gasteiger partial charge in [0.2, 0.25) is 0 Å². The molecule has 0 amide bonds. The van der Waals surface area contributed by atoms with Crippen LogP contribution in [-0.4, -0.2) is 20.2 Å². The van der Waals surface area contributed by atoms with Gasteiger partial charge in [-0.15, -0.1) is 0 Å². The molecule has 2 atom stereocenters. The van der Waals surface area contributed by atoms with Crippen molar-refractivity contribution in [3.8, 4) is 22.6 Å². The van der Waals surface area contributed by atoms with Crippen LogP contribution in [0.5, 0.6) is 11.5 Å². The van der Waals surface area contributed by atoms with Gasteiger partial charge in [-0.25, -0.2) is 4.39 Å². The van der Waals surface area contributed by atoms with E-state index in [1.807, 2.05) is 25.1 Å². The Balaban J connectivity index is 1.59. The smallest absolute Gasteiger partial charge is 0.308 e. The van der Waals surface area contributed by atoms with E-state index in [1.54, 1.807) is 19.2 Å². The quantitative estimate of drug-likeness (QED) is 0.328. The highest BCUT2D eigenvalue weighted by atomic mass is 19.1. The van der Waals surface area contributed by atoms with Gasteiger partial charge in [0.05, 0.1) is 20.1 Å². The minimum Gasteiger partial charge on any atom is -0.497 e. The van der Waals surface area contributed by atoms with E-state index >= 15 is 0 Å². The lowest BCUT2D eigenvalue weighted by atomic mass is 9.81. The van der Waals surface area contributed by atoms with Crippen molar-refractivity contribution in [1.29, 1.82) is 0 Å². The largest absolute Gasteiger partial charge is 0.497 e. The Hall–Kier alpha value is -3.34. The molecule has 0 fully saturated rings. The number of esters is 1. The Morgan fingerprint density at radius 1 is 1.00 bits per heavy atom. The van der Waals surface area contributed by atoms with Crippen LogP contribution in [0.3, 0.4) is 0 Å². The third-order valence-corrected chi connectivity index (χ3v) is 7.18. The van der Waals surface area contributed by atoms with E-state index in [2.05, 4.69) is 39.0 Å². The summed E-state index contributed by atoms with van der Waals surface area (Å²) in [5.41, 5.74) is 5.65. The third-order valence-electron chi connectivity index (χ3n) is 7.18. The summed E-state index contributed by atoms with van der Waals surface area (Å²) in [6.07, 6.45) is 1.89. The maximum Gasteiger partial charge on any atom is 0.308 e. The molecule has 0 aliphatic heterocycles. The molecule has 1 aliphatic carbocycles. The van der Waals surface area contributed by atoms with Crippen LogP contribution in [0.25, 0.3) is 11.1 Å². The topological polar surface area (TPSA) is 44.8 Å². The number of carbonyl (C=O) groups excluding carboxylic acids is 1. The number of carbonyl (C=O) groups is 1. The second-order valence-corrected chi connectivity index (χ2v) is 10.6. The van der Waals surface area contributed by atoms with E-state index in [1.165, 1.54) is 24.3 Å². The van der Waals surface area contributed by atoms with Gasteiger partial charge in [-0.05, 0) is 82.3 Å². The summed E-state index contributed by atoms with van der Waals surface area (Å²) in [5, 5.41) is 0. The molecule has 36 heavy (non-hydrogen) atoms. The number of benzene rings is 3. The summed E-state index contributed by atoms with van der Waals surface area (Å²) < 4.78 is 31.3. The summed E-state index contributed by atoms with van der Waals surface area (Å²) in [6.45, 7) is 8.69. The van der Waals surface area contributed by atoms with E-state index in [-0.39, 0.29) is 29.0 Å². The van der Waals surface area contributed by atoms with Crippen molar-refractivity contribution in [1.82, 2.24) is 0 Å². The lowest BCUT2D eigenvalue weighted by molar-refractivity contribution is -0.145. The first kappa shape index (κ1) is 25.7. The number of halogens is 1. The molecule has 5 heteroatoms. The zero-order valence-electron chi connectivity index (χ0n) is 22.0. The maximum absolute atomic E-state index is 14.8. The first-order chi connectivity index (χ1) is 17.1. The van der Waals surface area contributed by atoms with Crippen LogP contribution < -0.4 is 9.47 Å². The van der Waals surface area contributed by atoms with Crippen molar-refractivity contribution in [2.75, 3.05) is 14.2 Å².